The van der Waals surface area contributed by atoms with E-state index in [-0.39, 0.29) is 17.9 Å². The van der Waals surface area contributed by atoms with Gasteiger partial charge in [-0.1, -0.05) is 0 Å². The SMILES string of the molecule is O=C(O)C12CCNC1CS(=O)(=O)CC2. The van der Waals surface area contributed by atoms with Gasteiger partial charge in [0.2, 0.25) is 0 Å². The van der Waals surface area contributed by atoms with E-state index in [1.54, 1.807) is 0 Å². The summed E-state index contributed by atoms with van der Waals surface area (Å²) in [6, 6.07) is -0.390. The quantitative estimate of drug-likeness (QED) is 0.605. The predicted molar refractivity (Wildman–Crippen MR) is 49.7 cm³/mol. The zero-order chi connectivity index (χ0) is 10.4. The van der Waals surface area contributed by atoms with Gasteiger partial charge < -0.3 is 10.4 Å². The number of nitrogens with one attached hydrogen (secondary N) is 1. The van der Waals surface area contributed by atoms with Crippen LogP contribution < -0.4 is 5.32 Å². The molecule has 0 radical (unpaired) electrons. The summed E-state index contributed by atoms with van der Waals surface area (Å²) in [5.41, 5.74) is -0.828. The van der Waals surface area contributed by atoms with Crippen molar-refractivity contribution in [2.45, 2.75) is 18.9 Å². The molecule has 2 N–H and O–H groups in total. The van der Waals surface area contributed by atoms with E-state index in [0.717, 1.165) is 0 Å². The third-order valence-electron chi connectivity index (χ3n) is 3.33. The number of fused-ring (bicyclic) bond motifs is 1. The maximum Gasteiger partial charge on any atom is 0.311 e. The van der Waals surface area contributed by atoms with Gasteiger partial charge in [0.05, 0.1) is 16.9 Å². The lowest BCUT2D eigenvalue weighted by Crippen LogP contribution is -2.51. The van der Waals surface area contributed by atoms with Crippen LogP contribution in [0.1, 0.15) is 12.8 Å². The summed E-state index contributed by atoms with van der Waals surface area (Å²) >= 11 is 0. The Morgan fingerprint density at radius 2 is 2.14 bits per heavy atom. The van der Waals surface area contributed by atoms with E-state index in [1.807, 2.05) is 0 Å². The van der Waals surface area contributed by atoms with Gasteiger partial charge in [0.25, 0.3) is 0 Å². The summed E-state index contributed by atoms with van der Waals surface area (Å²) in [6.45, 7) is 0.604. The monoisotopic (exact) mass is 219 g/mol. The van der Waals surface area contributed by atoms with Crippen LogP contribution in [0.25, 0.3) is 0 Å². The summed E-state index contributed by atoms with van der Waals surface area (Å²) in [5.74, 6) is -0.876. The van der Waals surface area contributed by atoms with Gasteiger partial charge in [-0.25, -0.2) is 8.42 Å². The molecule has 2 fully saturated rings. The van der Waals surface area contributed by atoms with Crippen molar-refractivity contribution in [3.05, 3.63) is 0 Å². The zero-order valence-electron chi connectivity index (χ0n) is 7.69. The molecule has 0 bridgehead atoms. The number of sulfone groups is 1. The maximum absolute atomic E-state index is 11.3. The van der Waals surface area contributed by atoms with Crippen molar-refractivity contribution in [2.75, 3.05) is 18.1 Å². The minimum absolute atomic E-state index is 0.0114. The molecule has 6 heteroatoms. The minimum Gasteiger partial charge on any atom is -0.481 e. The van der Waals surface area contributed by atoms with Crippen LogP contribution in [-0.4, -0.2) is 43.6 Å². The molecule has 2 aliphatic rings. The Hall–Kier alpha value is -0.620. The predicted octanol–water partition coefficient (Wildman–Crippen LogP) is -0.762. The Morgan fingerprint density at radius 1 is 1.43 bits per heavy atom. The number of rotatable bonds is 1. The molecule has 0 aromatic heterocycles. The Labute approximate surface area is 82.4 Å². The van der Waals surface area contributed by atoms with Gasteiger partial charge in [-0.3, -0.25) is 4.79 Å². The second-order valence-corrected chi connectivity index (χ2v) is 6.31. The lowest BCUT2D eigenvalue weighted by Gasteiger charge is -2.34. The highest BCUT2D eigenvalue weighted by atomic mass is 32.2. The second kappa shape index (κ2) is 2.93. The lowest BCUT2D eigenvalue weighted by atomic mass is 9.78. The zero-order valence-corrected chi connectivity index (χ0v) is 8.51. The van der Waals surface area contributed by atoms with E-state index in [4.69, 9.17) is 5.11 Å². The van der Waals surface area contributed by atoms with Crippen molar-refractivity contribution in [1.82, 2.24) is 5.32 Å². The van der Waals surface area contributed by atoms with E-state index >= 15 is 0 Å². The number of carboxylic acid groups (broad SMARTS) is 1. The highest BCUT2D eigenvalue weighted by molar-refractivity contribution is 7.91. The number of aliphatic carboxylic acids is 1. The van der Waals surface area contributed by atoms with Crippen LogP contribution in [0, 0.1) is 5.41 Å². The van der Waals surface area contributed by atoms with Crippen LogP contribution in [0.3, 0.4) is 0 Å². The fourth-order valence-corrected chi connectivity index (χ4v) is 4.18. The summed E-state index contributed by atoms with van der Waals surface area (Å²) in [5, 5.41) is 12.1. The Balaban J connectivity index is 2.32. The van der Waals surface area contributed by atoms with Crippen LogP contribution in [0.5, 0.6) is 0 Å². The molecule has 2 aliphatic heterocycles. The molecule has 0 amide bonds. The first-order chi connectivity index (χ1) is 6.46. The van der Waals surface area contributed by atoms with Crippen molar-refractivity contribution >= 4 is 15.8 Å². The first-order valence-corrected chi connectivity index (χ1v) is 6.46. The fraction of sp³-hybridized carbons (Fsp3) is 0.875. The number of carbonyl (C=O) groups is 1. The molecular formula is C8H13NO4S. The molecule has 80 valence electrons. The minimum atomic E-state index is -3.03. The molecule has 5 nitrogen and oxygen atoms in total. The van der Waals surface area contributed by atoms with Crippen LogP contribution in [0.2, 0.25) is 0 Å². The van der Waals surface area contributed by atoms with Crippen LogP contribution in [0.15, 0.2) is 0 Å². The standard InChI is InChI=1S/C8H13NO4S/c10-7(11)8-1-3-9-6(8)5-14(12,13)4-2-8/h6,9H,1-5H2,(H,10,11). The lowest BCUT2D eigenvalue weighted by molar-refractivity contribution is -0.149. The molecule has 2 rings (SSSR count). The third kappa shape index (κ3) is 1.33. The molecule has 2 atom stereocenters. The topological polar surface area (TPSA) is 83.5 Å². The molecule has 0 aromatic rings. The van der Waals surface area contributed by atoms with Crippen molar-refractivity contribution in [3.63, 3.8) is 0 Å². The van der Waals surface area contributed by atoms with E-state index in [9.17, 15) is 13.2 Å². The fourth-order valence-electron chi connectivity index (χ4n) is 2.39. The highest BCUT2D eigenvalue weighted by Gasteiger charge is 2.53. The largest absolute Gasteiger partial charge is 0.481 e. The van der Waals surface area contributed by atoms with Crippen molar-refractivity contribution in [2.24, 2.45) is 5.41 Å². The van der Waals surface area contributed by atoms with Crippen LogP contribution in [-0.2, 0) is 14.6 Å². The van der Waals surface area contributed by atoms with Gasteiger partial charge in [-0.05, 0) is 19.4 Å². The van der Waals surface area contributed by atoms with Gasteiger partial charge in [0.15, 0.2) is 9.84 Å². The van der Waals surface area contributed by atoms with E-state index in [0.29, 0.717) is 13.0 Å². The van der Waals surface area contributed by atoms with Gasteiger partial charge in [0, 0.05) is 6.04 Å². The van der Waals surface area contributed by atoms with Gasteiger partial charge in [-0.15, -0.1) is 0 Å². The third-order valence-corrected chi connectivity index (χ3v) is 5.00. The van der Waals surface area contributed by atoms with E-state index in [1.165, 1.54) is 0 Å². The van der Waals surface area contributed by atoms with E-state index < -0.39 is 27.3 Å². The molecule has 2 heterocycles. The normalized spacial score (nSPS) is 40.4. The first-order valence-electron chi connectivity index (χ1n) is 4.63. The molecule has 0 aliphatic carbocycles. The first kappa shape index (κ1) is 9.92. The van der Waals surface area contributed by atoms with E-state index in [2.05, 4.69) is 5.32 Å². The Bertz CT molecular complexity index is 364. The Morgan fingerprint density at radius 3 is 2.79 bits per heavy atom. The van der Waals surface area contributed by atoms with Gasteiger partial charge >= 0.3 is 5.97 Å². The maximum atomic E-state index is 11.3. The Kier molecular flexibility index (Phi) is 2.08. The van der Waals surface area contributed by atoms with Crippen molar-refractivity contribution < 1.29 is 18.3 Å². The molecule has 14 heavy (non-hydrogen) atoms. The molecule has 0 saturated carbocycles. The average molecular weight is 219 g/mol. The number of carboxylic acids is 1. The molecule has 2 saturated heterocycles. The average Bonchev–Trinajstić information content (AvgIpc) is 2.46. The molecule has 0 spiro atoms. The van der Waals surface area contributed by atoms with Crippen LogP contribution in [0.4, 0.5) is 0 Å². The smallest absolute Gasteiger partial charge is 0.311 e. The second-order valence-electron chi connectivity index (χ2n) is 4.08. The summed E-state index contributed by atoms with van der Waals surface area (Å²) < 4.78 is 22.7. The van der Waals surface area contributed by atoms with Crippen LogP contribution >= 0.6 is 0 Å². The van der Waals surface area contributed by atoms with Gasteiger partial charge in [0.1, 0.15) is 0 Å². The molecule has 2 unspecified atom stereocenters. The highest BCUT2D eigenvalue weighted by Crippen LogP contribution is 2.39. The van der Waals surface area contributed by atoms with Gasteiger partial charge in [-0.2, -0.15) is 0 Å². The number of hydrogen-bond acceptors (Lipinski definition) is 4. The molecular weight excluding hydrogens is 206 g/mol. The van der Waals surface area contributed by atoms with Crippen molar-refractivity contribution in [3.8, 4) is 0 Å². The van der Waals surface area contributed by atoms with Crippen molar-refractivity contribution in [1.29, 1.82) is 0 Å². The summed E-state index contributed by atoms with van der Waals surface area (Å²) in [4.78, 5) is 11.1. The summed E-state index contributed by atoms with van der Waals surface area (Å²) in [7, 11) is -3.03. The number of hydrogen-bond donors (Lipinski definition) is 2. The molecule has 0 aromatic carbocycles. The summed E-state index contributed by atoms with van der Waals surface area (Å²) in [6.07, 6.45) is 0.796.